The van der Waals surface area contributed by atoms with Gasteiger partial charge in [-0.3, -0.25) is 14.6 Å². The maximum atomic E-state index is 12.4. The van der Waals surface area contributed by atoms with Gasteiger partial charge in [-0.05, 0) is 38.1 Å². The monoisotopic (exact) mass is 378 g/mol. The fourth-order valence-corrected chi connectivity index (χ4v) is 3.28. The van der Waals surface area contributed by atoms with E-state index >= 15 is 0 Å². The molecule has 144 valence electrons. The lowest BCUT2D eigenvalue weighted by atomic mass is 10.2. The second-order valence-electron chi connectivity index (χ2n) is 6.38. The van der Waals surface area contributed by atoms with Gasteiger partial charge in [-0.2, -0.15) is 10.2 Å². The molecule has 0 atom stereocenters. The summed E-state index contributed by atoms with van der Waals surface area (Å²) in [4.78, 5) is 12.4. The van der Waals surface area contributed by atoms with Crippen LogP contribution in [0.2, 0.25) is 0 Å². The molecule has 0 spiro atoms. The predicted molar refractivity (Wildman–Crippen MR) is 108 cm³/mol. The minimum absolute atomic E-state index is 0.286. The van der Waals surface area contributed by atoms with Gasteiger partial charge in [0.25, 0.3) is 5.91 Å². The molecule has 8 heteroatoms. The van der Waals surface area contributed by atoms with E-state index in [1.54, 1.807) is 24.1 Å². The average molecular weight is 378 g/mol. The summed E-state index contributed by atoms with van der Waals surface area (Å²) in [5.41, 5.74) is 3.27. The zero-order chi connectivity index (χ0) is 19.7. The second kappa shape index (κ2) is 7.22. The molecule has 2 N–H and O–H groups in total. The van der Waals surface area contributed by atoms with Crippen LogP contribution in [-0.2, 0) is 13.1 Å². The average Bonchev–Trinajstić information content (AvgIpc) is 3.44. The first-order chi connectivity index (χ1) is 13.6. The molecule has 1 amide bonds. The number of carbonyl (C=O) groups excluding carboxylic acids is 1. The summed E-state index contributed by atoms with van der Waals surface area (Å²) in [7, 11) is 1.66. The molecule has 0 aliphatic carbocycles. The number of benzene rings is 1. The van der Waals surface area contributed by atoms with Crippen LogP contribution >= 0.6 is 0 Å². The highest BCUT2D eigenvalue weighted by molar-refractivity contribution is 6.02. The molecule has 0 aliphatic heterocycles. The third-order valence-electron chi connectivity index (χ3n) is 4.72. The number of amides is 1. The molecule has 4 aromatic rings. The normalized spacial score (nSPS) is 11.1. The van der Waals surface area contributed by atoms with Crippen LogP contribution in [0.25, 0.3) is 22.3 Å². The van der Waals surface area contributed by atoms with E-state index in [0.29, 0.717) is 18.1 Å². The Kier molecular flexibility index (Phi) is 4.60. The molecule has 4 rings (SSSR count). The van der Waals surface area contributed by atoms with Crippen molar-refractivity contribution < 1.29 is 9.53 Å². The number of nitrogens with one attached hydrogen (secondary N) is 2. The zero-order valence-corrected chi connectivity index (χ0v) is 16.1. The lowest BCUT2D eigenvalue weighted by Gasteiger charge is -2.07. The molecular formula is C20H22N6O2. The predicted octanol–water partition coefficient (Wildman–Crippen LogP) is 3.53. The minimum atomic E-state index is -0.286. The Hall–Kier alpha value is -3.55. The molecule has 1 aromatic carbocycles. The highest BCUT2D eigenvalue weighted by Gasteiger charge is 2.15. The first-order valence-electron chi connectivity index (χ1n) is 9.20. The summed E-state index contributed by atoms with van der Waals surface area (Å²) in [6, 6.07) is 11.6. The molecule has 0 saturated heterocycles. The fraction of sp³-hybridized carbons (Fsp3) is 0.250. The molecule has 3 aromatic heterocycles. The van der Waals surface area contributed by atoms with Crippen LogP contribution in [0, 0.1) is 0 Å². The van der Waals surface area contributed by atoms with Gasteiger partial charge in [-0.15, -0.1) is 0 Å². The van der Waals surface area contributed by atoms with Gasteiger partial charge >= 0.3 is 0 Å². The Labute approximate surface area is 162 Å². The molecule has 8 nitrogen and oxygen atoms in total. The summed E-state index contributed by atoms with van der Waals surface area (Å²) in [6.07, 6.45) is 1.78. The second-order valence-corrected chi connectivity index (χ2v) is 6.38. The van der Waals surface area contributed by atoms with Crippen molar-refractivity contribution in [2.24, 2.45) is 0 Å². The first-order valence-corrected chi connectivity index (χ1v) is 9.20. The van der Waals surface area contributed by atoms with E-state index in [0.717, 1.165) is 34.6 Å². The fourth-order valence-electron chi connectivity index (χ4n) is 3.28. The van der Waals surface area contributed by atoms with Crippen molar-refractivity contribution in [2.75, 3.05) is 12.4 Å². The highest BCUT2D eigenvalue weighted by atomic mass is 16.5. The van der Waals surface area contributed by atoms with Gasteiger partial charge in [-0.25, -0.2) is 0 Å². The number of ether oxygens (including phenoxy) is 1. The maximum absolute atomic E-state index is 12.4. The summed E-state index contributed by atoms with van der Waals surface area (Å²) in [5.74, 6) is 0.985. The summed E-state index contributed by atoms with van der Waals surface area (Å²) >= 11 is 0. The smallest absolute Gasteiger partial charge is 0.277 e. The van der Waals surface area contributed by atoms with Crippen molar-refractivity contribution in [3.8, 4) is 17.1 Å². The standard InChI is InChI=1S/C20H22N6O2/c1-4-25-9-8-15(24-25)20(27)21-19-12-16(22-23-19)18-10-13-6-7-14(28-3)11-17(13)26(18)5-2/h6-12H,4-5H2,1-3H3,(H2,21,22,23,27). The van der Waals surface area contributed by atoms with E-state index < -0.39 is 0 Å². The van der Waals surface area contributed by atoms with Crippen LogP contribution in [0.4, 0.5) is 5.82 Å². The highest BCUT2D eigenvalue weighted by Crippen LogP contribution is 2.30. The number of hydrogen-bond donors (Lipinski definition) is 2. The SMILES string of the molecule is CCn1ccc(C(=O)Nc2cc(-c3cc4ccc(OC)cc4n3CC)[nH]n2)n1. The van der Waals surface area contributed by atoms with Crippen molar-refractivity contribution >= 4 is 22.6 Å². The summed E-state index contributed by atoms with van der Waals surface area (Å²) in [6.45, 7) is 5.57. The zero-order valence-electron chi connectivity index (χ0n) is 16.1. The van der Waals surface area contributed by atoms with Crippen molar-refractivity contribution in [3.05, 3.63) is 48.3 Å². The van der Waals surface area contributed by atoms with Gasteiger partial charge in [0.15, 0.2) is 11.5 Å². The van der Waals surface area contributed by atoms with Crippen molar-refractivity contribution in [3.63, 3.8) is 0 Å². The maximum Gasteiger partial charge on any atom is 0.277 e. The van der Waals surface area contributed by atoms with E-state index in [1.807, 2.05) is 31.2 Å². The van der Waals surface area contributed by atoms with E-state index in [9.17, 15) is 4.79 Å². The van der Waals surface area contributed by atoms with Crippen molar-refractivity contribution in [1.82, 2.24) is 24.5 Å². The van der Waals surface area contributed by atoms with Gasteiger partial charge in [0, 0.05) is 36.8 Å². The lowest BCUT2D eigenvalue weighted by molar-refractivity contribution is 0.102. The number of aromatic amines is 1. The third-order valence-corrected chi connectivity index (χ3v) is 4.72. The number of carbonyl (C=O) groups is 1. The molecule has 28 heavy (non-hydrogen) atoms. The molecule has 0 unspecified atom stereocenters. The van der Waals surface area contributed by atoms with Crippen molar-refractivity contribution in [1.29, 1.82) is 0 Å². The van der Waals surface area contributed by atoms with Crippen LogP contribution in [0.1, 0.15) is 24.3 Å². The molecule has 3 heterocycles. The number of methoxy groups -OCH3 is 1. The summed E-state index contributed by atoms with van der Waals surface area (Å²) in [5, 5.41) is 15.4. The Morgan fingerprint density at radius 2 is 2.04 bits per heavy atom. The Bertz CT molecular complexity index is 1140. The van der Waals surface area contributed by atoms with Crippen LogP contribution in [0.15, 0.2) is 42.6 Å². The molecule has 0 bridgehead atoms. The van der Waals surface area contributed by atoms with E-state index in [2.05, 4.69) is 38.2 Å². The molecular weight excluding hydrogens is 356 g/mol. The third kappa shape index (κ3) is 3.13. The number of H-pyrrole nitrogens is 1. The lowest BCUT2D eigenvalue weighted by Crippen LogP contribution is -2.13. The number of anilines is 1. The van der Waals surface area contributed by atoms with Crippen LogP contribution in [0.5, 0.6) is 5.75 Å². The van der Waals surface area contributed by atoms with E-state index in [4.69, 9.17) is 4.74 Å². The van der Waals surface area contributed by atoms with Gasteiger partial charge in [0.1, 0.15) is 5.75 Å². The van der Waals surface area contributed by atoms with Gasteiger partial charge in [0.05, 0.1) is 24.0 Å². The topological polar surface area (TPSA) is 89.8 Å². The molecule has 0 radical (unpaired) electrons. The first kappa shape index (κ1) is 17.8. The number of aromatic nitrogens is 5. The number of hydrogen-bond acceptors (Lipinski definition) is 4. The molecule has 0 aliphatic rings. The van der Waals surface area contributed by atoms with Gasteiger partial charge in [0.2, 0.25) is 0 Å². The van der Waals surface area contributed by atoms with Gasteiger partial charge in [-0.1, -0.05) is 0 Å². The van der Waals surface area contributed by atoms with E-state index in [-0.39, 0.29) is 5.91 Å². The minimum Gasteiger partial charge on any atom is -0.497 e. The van der Waals surface area contributed by atoms with Crippen LogP contribution in [0.3, 0.4) is 0 Å². The van der Waals surface area contributed by atoms with Crippen molar-refractivity contribution in [2.45, 2.75) is 26.9 Å². The quantitative estimate of drug-likeness (QED) is 0.537. The Morgan fingerprint density at radius 1 is 1.18 bits per heavy atom. The summed E-state index contributed by atoms with van der Waals surface area (Å²) < 4.78 is 9.24. The largest absolute Gasteiger partial charge is 0.497 e. The number of aryl methyl sites for hydroxylation is 2. The molecule has 0 fully saturated rings. The molecule has 0 saturated carbocycles. The van der Waals surface area contributed by atoms with Crippen LogP contribution < -0.4 is 10.1 Å². The number of fused-ring (bicyclic) bond motifs is 1. The van der Waals surface area contributed by atoms with Crippen LogP contribution in [-0.4, -0.2) is 37.6 Å². The Morgan fingerprint density at radius 3 is 2.75 bits per heavy atom. The Balaban J connectivity index is 1.62. The van der Waals surface area contributed by atoms with Gasteiger partial charge < -0.3 is 14.6 Å². The van der Waals surface area contributed by atoms with E-state index in [1.165, 1.54) is 0 Å². The number of rotatable bonds is 6. The number of nitrogens with zero attached hydrogens (tertiary/aromatic N) is 4.